The van der Waals surface area contributed by atoms with Crippen molar-refractivity contribution < 1.29 is 9.26 Å². The molecule has 2 heterocycles. The maximum Gasteiger partial charge on any atom is 0.142 e. The lowest BCUT2D eigenvalue weighted by molar-refractivity contribution is 0.199. The van der Waals surface area contributed by atoms with Crippen molar-refractivity contribution in [3.05, 3.63) is 17.0 Å². The highest BCUT2D eigenvalue weighted by atomic mass is 16.5. The number of aromatic nitrogens is 1. The fourth-order valence-corrected chi connectivity index (χ4v) is 2.11. The van der Waals surface area contributed by atoms with Gasteiger partial charge in [-0.25, -0.2) is 0 Å². The second-order valence-corrected chi connectivity index (χ2v) is 4.32. The average Bonchev–Trinajstić information content (AvgIpc) is 2.77. The van der Waals surface area contributed by atoms with Crippen molar-refractivity contribution in [2.45, 2.75) is 26.4 Å². The highest BCUT2D eigenvalue weighted by molar-refractivity contribution is 5.25. The van der Waals surface area contributed by atoms with Gasteiger partial charge in [0.05, 0.1) is 6.61 Å². The standard InChI is InChI=1S/C12H21N3O2/c1-3-15-6-4-12-10(9-15)11(14-17-12)8-13-5-7-16-2/h13H,3-9H2,1-2H3. The summed E-state index contributed by atoms with van der Waals surface area (Å²) in [4.78, 5) is 2.41. The maximum atomic E-state index is 5.39. The minimum Gasteiger partial charge on any atom is -0.383 e. The lowest BCUT2D eigenvalue weighted by Gasteiger charge is -2.24. The molecule has 1 aliphatic rings. The fourth-order valence-electron chi connectivity index (χ4n) is 2.11. The van der Waals surface area contributed by atoms with E-state index in [1.54, 1.807) is 7.11 Å². The average molecular weight is 239 g/mol. The molecule has 5 heteroatoms. The van der Waals surface area contributed by atoms with Crippen LogP contribution in [0.15, 0.2) is 4.52 Å². The van der Waals surface area contributed by atoms with Gasteiger partial charge in [0.25, 0.3) is 0 Å². The molecule has 0 amide bonds. The predicted molar refractivity (Wildman–Crippen MR) is 64.7 cm³/mol. The number of hydrogen-bond acceptors (Lipinski definition) is 5. The number of nitrogens with zero attached hydrogens (tertiary/aromatic N) is 2. The van der Waals surface area contributed by atoms with Crippen LogP contribution in [-0.4, -0.2) is 43.4 Å². The number of ether oxygens (including phenoxy) is 1. The molecule has 0 aliphatic carbocycles. The zero-order valence-electron chi connectivity index (χ0n) is 10.7. The Labute approximate surface area is 102 Å². The molecule has 0 saturated heterocycles. The van der Waals surface area contributed by atoms with Crippen LogP contribution >= 0.6 is 0 Å². The molecule has 0 spiro atoms. The number of likely N-dealkylation sites (N-methyl/N-ethyl adjacent to an activating group) is 1. The van der Waals surface area contributed by atoms with Crippen LogP contribution in [0.1, 0.15) is 23.9 Å². The molecule has 1 N–H and O–H groups in total. The summed E-state index contributed by atoms with van der Waals surface area (Å²) in [6.45, 7) is 7.65. The molecule has 0 fully saturated rings. The topological polar surface area (TPSA) is 50.5 Å². The van der Waals surface area contributed by atoms with Crippen LogP contribution in [0, 0.1) is 0 Å². The van der Waals surface area contributed by atoms with Gasteiger partial charge >= 0.3 is 0 Å². The van der Waals surface area contributed by atoms with Crippen molar-refractivity contribution in [2.75, 3.05) is 33.4 Å². The smallest absolute Gasteiger partial charge is 0.142 e. The van der Waals surface area contributed by atoms with E-state index < -0.39 is 0 Å². The van der Waals surface area contributed by atoms with Gasteiger partial charge in [-0.2, -0.15) is 0 Å². The van der Waals surface area contributed by atoms with Gasteiger partial charge < -0.3 is 14.6 Å². The number of hydrogen-bond donors (Lipinski definition) is 1. The third kappa shape index (κ3) is 3.06. The first-order valence-corrected chi connectivity index (χ1v) is 6.23. The molecule has 1 aliphatic heterocycles. The summed E-state index contributed by atoms with van der Waals surface area (Å²) >= 11 is 0. The molecule has 0 saturated carbocycles. The summed E-state index contributed by atoms with van der Waals surface area (Å²) < 4.78 is 10.4. The molecule has 1 aromatic heterocycles. The van der Waals surface area contributed by atoms with E-state index in [2.05, 4.69) is 22.3 Å². The van der Waals surface area contributed by atoms with Crippen molar-refractivity contribution in [3.63, 3.8) is 0 Å². The van der Waals surface area contributed by atoms with Crippen LogP contribution < -0.4 is 5.32 Å². The van der Waals surface area contributed by atoms with Crippen molar-refractivity contribution in [3.8, 4) is 0 Å². The Balaban J connectivity index is 1.93. The summed E-state index contributed by atoms with van der Waals surface area (Å²) in [5.74, 6) is 1.07. The summed E-state index contributed by atoms with van der Waals surface area (Å²) in [6.07, 6.45) is 0.980. The first-order chi connectivity index (χ1) is 8.35. The van der Waals surface area contributed by atoms with Gasteiger partial charge in [0.2, 0.25) is 0 Å². The van der Waals surface area contributed by atoms with Gasteiger partial charge in [-0.15, -0.1) is 0 Å². The van der Waals surface area contributed by atoms with Gasteiger partial charge in [0.15, 0.2) is 0 Å². The Bertz CT molecular complexity index is 352. The summed E-state index contributed by atoms with van der Waals surface area (Å²) in [6, 6.07) is 0. The largest absolute Gasteiger partial charge is 0.383 e. The van der Waals surface area contributed by atoms with E-state index in [4.69, 9.17) is 9.26 Å². The van der Waals surface area contributed by atoms with E-state index in [1.807, 2.05) is 0 Å². The summed E-state index contributed by atoms with van der Waals surface area (Å²) in [5, 5.41) is 7.46. The van der Waals surface area contributed by atoms with E-state index in [0.29, 0.717) is 0 Å². The number of methoxy groups -OCH3 is 1. The molecular weight excluding hydrogens is 218 g/mol. The number of nitrogens with one attached hydrogen (secondary N) is 1. The van der Waals surface area contributed by atoms with Gasteiger partial charge in [0.1, 0.15) is 11.5 Å². The molecule has 5 nitrogen and oxygen atoms in total. The molecule has 0 radical (unpaired) electrons. The second-order valence-electron chi connectivity index (χ2n) is 4.32. The number of fused-ring (bicyclic) bond motifs is 1. The SMILES string of the molecule is CCN1CCc2onc(CNCCOC)c2C1. The quantitative estimate of drug-likeness (QED) is 0.744. The predicted octanol–water partition coefficient (Wildman–Crippen LogP) is 0.789. The van der Waals surface area contributed by atoms with Crippen LogP contribution in [0.3, 0.4) is 0 Å². The van der Waals surface area contributed by atoms with Crippen molar-refractivity contribution >= 4 is 0 Å². The van der Waals surface area contributed by atoms with Gasteiger partial charge in [-0.3, -0.25) is 4.90 Å². The third-order valence-corrected chi connectivity index (χ3v) is 3.21. The second kappa shape index (κ2) is 6.14. The Hall–Kier alpha value is -0.910. The molecule has 0 aromatic carbocycles. The first kappa shape index (κ1) is 12.5. The fraction of sp³-hybridized carbons (Fsp3) is 0.750. The van der Waals surface area contributed by atoms with E-state index in [9.17, 15) is 0 Å². The molecule has 1 aromatic rings. The highest BCUT2D eigenvalue weighted by Crippen LogP contribution is 2.21. The molecule has 0 bridgehead atoms. The Morgan fingerprint density at radius 1 is 1.53 bits per heavy atom. The van der Waals surface area contributed by atoms with E-state index in [-0.39, 0.29) is 0 Å². The van der Waals surface area contributed by atoms with Crippen LogP contribution in [0.25, 0.3) is 0 Å². The molecule has 96 valence electrons. The monoisotopic (exact) mass is 239 g/mol. The Morgan fingerprint density at radius 3 is 3.18 bits per heavy atom. The van der Waals surface area contributed by atoms with Crippen LogP contribution in [-0.2, 0) is 24.2 Å². The van der Waals surface area contributed by atoms with Crippen molar-refractivity contribution in [1.29, 1.82) is 0 Å². The number of rotatable bonds is 6. The van der Waals surface area contributed by atoms with E-state index in [0.717, 1.165) is 57.2 Å². The normalized spacial score (nSPS) is 16.1. The van der Waals surface area contributed by atoms with Gasteiger partial charge in [0, 0.05) is 45.3 Å². The Kier molecular flexibility index (Phi) is 4.53. The molecule has 17 heavy (non-hydrogen) atoms. The Morgan fingerprint density at radius 2 is 2.41 bits per heavy atom. The maximum absolute atomic E-state index is 5.39. The summed E-state index contributed by atoms with van der Waals surface area (Å²) in [5.41, 5.74) is 2.33. The van der Waals surface area contributed by atoms with Crippen LogP contribution in [0.2, 0.25) is 0 Å². The van der Waals surface area contributed by atoms with Crippen molar-refractivity contribution in [2.24, 2.45) is 0 Å². The van der Waals surface area contributed by atoms with E-state index >= 15 is 0 Å². The van der Waals surface area contributed by atoms with Gasteiger partial charge in [-0.1, -0.05) is 12.1 Å². The molecular formula is C12H21N3O2. The zero-order valence-corrected chi connectivity index (χ0v) is 10.7. The minimum atomic E-state index is 0.723. The first-order valence-electron chi connectivity index (χ1n) is 6.23. The van der Waals surface area contributed by atoms with Crippen LogP contribution in [0.4, 0.5) is 0 Å². The van der Waals surface area contributed by atoms with Crippen LogP contribution in [0.5, 0.6) is 0 Å². The molecule has 0 atom stereocenters. The minimum absolute atomic E-state index is 0.723. The summed E-state index contributed by atoms with van der Waals surface area (Å²) in [7, 11) is 1.71. The molecule has 0 unspecified atom stereocenters. The lowest BCUT2D eigenvalue weighted by Crippen LogP contribution is -2.30. The lowest BCUT2D eigenvalue weighted by atomic mass is 10.1. The highest BCUT2D eigenvalue weighted by Gasteiger charge is 2.22. The zero-order chi connectivity index (χ0) is 12.1. The van der Waals surface area contributed by atoms with Crippen molar-refractivity contribution in [1.82, 2.24) is 15.4 Å². The third-order valence-electron chi connectivity index (χ3n) is 3.21. The van der Waals surface area contributed by atoms with E-state index in [1.165, 1.54) is 5.56 Å². The van der Waals surface area contributed by atoms with Gasteiger partial charge in [-0.05, 0) is 6.54 Å². The molecule has 2 rings (SSSR count).